The van der Waals surface area contributed by atoms with Gasteiger partial charge in [-0.25, -0.2) is 9.37 Å². The smallest absolute Gasteiger partial charge is 0.189 e. The Hall–Kier alpha value is -1.42. The summed E-state index contributed by atoms with van der Waals surface area (Å²) < 4.78 is 15.4. The first kappa shape index (κ1) is 12.6. The van der Waals surface area contributed by atoms with Crippen LogP contribution < -0.4 is 5.73 Å². The van der Waals surface area contributed by atoms with E-state index >= 15 is 4.39 Å². The molecular weight excluding hydrogens is 241 g/mol. The predicted octanol–water partition coefficient (Wildman–Crippen LogP) is 2.85. The van der Waals surface area contributed by atoms with Crippen LogP contribution in [0, 0.1) is 5.41 Å². The average Bonchev–Trinajstić information content (AvgIpc) is 2.55. The van der Waals surface area contributed by atoms with Crippen molar-refractivity contribution >= 4 is 11.4 Å². The van der Waals surface area contributed by atoms with Crippen LogP contribution in [0.4, 0.5) is 10.2 Å². The molecule has 2 unspecified atom stereocenters. The molecule has 3 aliphatic rings. The lowest BCUT2D eigenvalue weighted by molar-refractivity contribution is -0.0378. The quantitative estimate of drug-likeness (QED) is 0.790. The van der Waals surface area contributed by atoms with Crippen LogP contribution in [0.1, 0.15) is 31.7 Å². The monoisotopic (exact) mass is 261 g/mol. The fourth-order valence-electron chi connectivity index (χ4n) is 3.35. The number of anilines is 1. The lowest BCUT2D eigenvalue weighted by atomic mass is 9.78. The molecule has 4 rings (SSSR count). The van der Waals surface area contributed by atoms with E-state index in [0.717, 1.165) is 30.5 Å². The Morgan fingerprint density at radius 3 is 2.79 bits per heavy atom. The van der Waals surface area contributed by atoms with Crippen molar-refractivity contribution in [3.05, 3.63) is 30.0 Å². The summed E-state index contributed by atoms with van der Waals surface area (Å²) in [4.78, 5) is 5.95. The molecule has 1 fully saturated rings. The van der Waals surface area contributed by atoms with Gasteiger partial charge in [0.1, 0.15) is 5.82 Å². The van der Waals surface area contributed by atoms with Gasteiger partial charge in [-0.2, -0.15) is 0 Å². The van der Waals surface area contributed by atoms with Crippen LogP contribution in [0.25, 0.3) is 5.57 Å². The van der Waals surface area contributed by atoms with Crippen LogP contribution in [0.15, 0.2) is 24.4 Å². The Balaban J connectivity index is 2.07. The minimum Gasteiger partial charge on any atom is -0.384 e. The predicted molar refractivity (Wildman–Crippen MR) is 75.1 cm³/mol. The van der Waals surface area contributed by atoms with Gasteiger partial charge in [0.05, 0.1) is 0 Å². The molecule has 1 aliphatic carbocycles. The molecule has 19 heavy (non-hydrogen) atoms. The number of pyridine rings is 1. The highest BCUT2D eigenvalue weighted by Crippen LogP contribution is 2.50. The van der Waals surface area contributed by atoms with Crippen molar-refractivity contribution in [3.8, 4) is 0 Å². The molecular formula is C15H20FN3. The molecule has 2 atom stereocenters. The van der Waals surface area contributed by atoms with Gasteiger partial charge in [-0.05, 0) is 37.4 Å². The summed E-state index contributed by atoms with van der Waals surface area (Å²) in [5.74, 6) is -0.899. The van der Waals surface area contributed by atoms with Gasteiger partial charge in [0, 0.05) is 30.3 Å². The zero-order chi connectivity index (χ0) is 13.7. The lowest BCUT2D eigenvalue weighted by Crippen LogP contribution is -2.51. The molecule has 4 heteroatoms. The van der Waals surface area contributed by atoms with Crippen molar-refractivity contribution in [3.63, 3.8) is 0 Å². The molecule has 1 saturated heterocycles. The van der Waals surface area contributed by atoms with Crippen molar-refractivity contribution in [1.29, 1.82) is 0 Å². The standard InChI is InChI=1S/C15H20FN3/c1-14-6-5-12(11-3-4-13(17)18-9-11)15(16,8-7-14)19(2)10-14/h3-5,9H,6-8,10H2,1-2H3,(H2,17,18). The highest BCUT2D eigenvalue weighted by Gasteiger charge is 2.49. The Morgan fingerprint density at radius 2 is 2.16 bits per heavy atom. The second-order valence-electron chi connectivity index (χ2n) is 6.22. The highest BCUT2D eigenvalue weighted by atomic mass is 19.1. The molecule has 0 aromatic carbocycles. The summed E-state index contributed by atoms with van der Waals surface area (Å²) in [7, 11) is 1.88. The summed E-state index contributed by atoms with van der Waals surface area (Å²) in [5, 5.41) is 0. The summed E-state index contributed by atoms with van der Waals surface area (Å²) in [5.41, 5.74) is 7.39. The first-order chi connectivity index (χ1) is 8.93. The molecule has 1 aromatic heterocycles. The van der Waals surface area contributed by atoms with Crippen molar-refractivity contribution < 1.29 is 4.39 Å². The van der Waals surface area contributed by atoms with Crippen LogP contribution in [0.3, 0.4) is 0 Å². The van der Waals surface area contributed by atoms with Gasteiger partial charge in [-0.1, -0.05) is 13.0 Å². The number of rotatable bonds is 1. The van der Waals surface area contributed by atoms with Crippen LogP contribution in [-0.2, 0) is 0 Å². The van der Waals surface area contributed by atoms with Crippen LogP contribution >= 0.6 is 0 Å². The molecule has 2 bridgehead atoms. The van der Waals surface area contributed by atoms with Gasteiger partial charge < -0.3 is 5.73 Å². The maximum Gasteiger partial charge on any atom is 0.189 e. The Labute approximate surface area is 113 Å². The zero-order valence-electron chi connectivity index (χ0n) is 11.5. The van der Waals surface area contributed by atoms with E-state index in [4.69, 9.17) is 5.73 Å². The van der Waals surface area contributed by atoms with Crippen LogP contribution in [0.2, 0.25) is 0 Å². The van der Waals surface area contributed by atoms with Gasteiger partial charge in [-0.3, -0.25) is 4.90 Å². The zero-order valence-corrected chi connectivity index (χ0v) is 11.5. The number of nitrogen functional groups attached to an aromatic ring is 1. The van der Waals surface area contributed by atoms with Gasteiger partial charge >= 0.3 is 0 Å². The number of piperidine rings is 1. The molecule has 0 spiro atoms. The molecule has 0 amide bonds. The van der Waals surface area contributed by atoms with E-state index in [-0.39, 0.29) is 5.41 Å². The van der Waals surface area contributed by atoms with E-state index in [9.17, 15) is 0 Å². The van der Waals surface area contributed by atoms with Gasteiger partial charge in [0.15, 0.2) is 5.79 Å². The van der Waals surface area contributed by atoms with E-state index in [1.54, 1.807) is 12.3 Å². The van der Waals surface area contributed by atoms with Crippen LogP contribution in [0.5, 0.6) is 0 Å². The number of likely N-dealkylation sites (N-methyl/N-ethyl adjacent to an activating group) is 1. The second kappa shape index (κ2) is 4.04. The Morgan fingerprint density at radius 1 is 1.37 bits per heavy atom. The van der Waals surface area contributed by atoms with Crippen molar-refractivity contribution in [2.24, 2.45) is 5.41 Å². The molecule has 2 aliphatic heterocycles. The number of allylic oxidation sites excluding steroid dienone is 1. The number of hydrogen-bond donors (Lipinski definition) is 1. The first-order valence-electron chi connectivity index (χ1n) is 6.76. The van der Waals surface area contributed by atoms with E-state index in [1.165, 1.54) is 0 Å². The van der Waals surface area contributed by atoms with E-state index < -0.39 is 5.79 Å². The maximum absolute atomic E-state index is 15.4. The molecule has 1 aromatic rings. The van der Waals surface area contributed by atoms with E-state index in [1.807, 2.05) is 18.0 Å². The largest absolute Gasteiger partial charge is 0.384 e. The summed E-state index contributed by atoms with van der Waals surface area (Å²) in [6, 6.07) is 3.60. The fourth-order valence-corrected chi connectivity index (χ4v) is 3.35. The topological polar surface area (TPSA) is 42.1 Å². The number of fused-ring (bicyclic) bond motifs is 3. The molecule has 3 nitrogen and oxygen atoms in total. The third kappa shape index (κ3) is 1.94. The molecule has 0 radical (unpaired) electrons. The van der Waals surface area contributed by atoms with Crippen molar-refractivity contribution in [2.45, 2.75) is 32.0 Å². The average molecular weight is 261 g/mol. The van der Waals surface area contributed by atoms with Crippen molar-refractivity contribution in [2.75, 3.05) is 19.3 Å². The van der Waals surface area contributed by atoms with Gasteiger partial charge in [-0.15, -0.1) is 0 Å². The van der Waals surface area contributed by atoms with E-state index in [0.29, 0.717) is 12.2 Å². The third-order valence-electron chi connectivity index (χ3n) is 4.59. The molecule has 2 N–H and O–H groups in total. The highest BCUT2D eigenvalue weighted by molar-refractivity contribution is 5.72. The van der Waals surface area contributed by atoms with Gasteiger partial charge in [0.25, 0.3) is 0 Å². The number of aromatic nitrogens is 1. The minimum absolute atomic E-state index is 0.188. The lowest BCUT2D eigenvalue weighted by Gasteiger charge is -2.45. The normalized spacial score (nSPS) is 35.0. The molecule has 102 valence electrons. The first-order valence-corrected chi connectivity index (χ1v) is 6.76. The second-order valence-corrected chi connectivity index (χ2v) is 6.22. The third-order valence-corrected chi connectivity index (χ3v) is 4.59. The Kier molecular flexibility index (Phi) is 2.68. The number of nitrogens with two attached hydrogens (primary N) is 1. The summed E-state index contributed by atoms with van der Waals surface area (Å²) in [6.45, 7) is 3.04. The van der Waals surface area contributed by atoms with Crippen molar-refractivity contribution in [1.82, 2.24) is 9.88 Å². The number of hydrogen-bond acceptors (Lipinski definition) is 3. The van der Waals surface area contributed by atoms with E-state index in [2.05, 4.69) is 18.0 Å². The SMILES string of the molecule is CN1CC2(C)CC=C(c3ccc(N)nc3)C1(F)CC2. The number of nitrogens with zero attached hydrogens (tertiary/aromatic N) is 2. The number of alkyl halides is 1. The van der Waals surface area contributed by atoms with Gasteiger partial charge in [0.2, 0.25) is 0 Å². The number of halogens is 1. The summed E-state index contributed by atoms with van der Waals surface area (Å²) in [6.07, 6.45) is 6.14. The molecule has 3 heterocycles. The Bertz CT molecular complexity index is 525. The minimum atomic E-state index is -1.37. The fraction of sp³-hybridized carbons (Fsp3) is 0.533. The molecule has 0 saturated carbocycles. The summed E-state index contributed by atoms with van der Waals surface area (Å²) >= 11 is 0. The maximum atomic E-state index is 15.4. The van der Waals surface area contributed by atoms with Crippen LogP contribution in [-0.4, -0.2) is 29.3 Å².